The normalized spacial score (nSPS) is 13.2. The van der Waals surface area contributed by atoms with Crippen molar-refractivity contribution in [3.8, 4) is 0 Å². The van der Waals surface area contributed by atoms with Gasteiger partial charge < -0.3 is 11.1 Å². The Morgan fingerprint density at radius 3 is 2.20 bits per heavy atom. The van der Waals surface area contributed by atoms with Crippen LogP contribution in [-0.4, -0.2) is 38.5 Å². The first-order valence-electron chi connectivity index (χ1n) is 4.39. The van der Waals surface area contributed by atoms with Crippen LogP contribution >= 0.6 is 24.0 Å². The zero-order chi connectivity index (χ0) is 11.4. The molecule has 0 aromatic heterocycles. The molecule has 0 radical (unpaired) electrons. The zero-order valence-corrected chi connectivity index (χ0v) is 12.7. The van der Waals surface area contributed by atoms with E-state index in [2.05, 4.69) is 10.3 Å². The lowest BCUT2D eigenvalue weighted by Gasteiger charge is -2.19. The van der Waals surface area contributed by atoms with Crippen molar-refractivity contribution in [3.63, 3.8) is 0 Å². The van der Waals surface area contributed by atoms with Crippen LogP contribution in [0.4, 0.5) is 0 Å². The molecule has 0 spiro atoms. The third-order valence-corrected chi connectivity index (χ3v) is 4.46. The van der Waals surface area contributed by atoms with Crippen LogP contribution in [0.5, 0.6) is 0 Å². The summed E-state index contributed by atoms with van der Waals surface area (Å²) in [6.07, 6.45) is 0. The lowest BCUT2D eigenvalue weighted by atomic mass is 10.3. The molecule has 7 heteroatoms. The molecule has 0 amide bonds. The third kappa shape index (κ3) is 6.18. The molecule has 0 aliphatic heterocycles. The van der Waals surface area contributed by atoms with E-state index in [0.29, 0.717) is 6.54 Å². The summed E-state index contributed by atoms with van der Waals surface area (Å²) in [4.78, 5) is 3.66. The molecule has 0 fully saturated rings. The lowest BCUT2D eigenvalue weighted by Crippen LogP contribution is -2.39. The Kier molecular flexibility index (Phi) is 7.53. The molecule has 0 heterocycles. The first-order chi connectivity index (χ1) is 6.20. The number of sulfone groups is 1. The Bertz CT molecular complexity index is 306. The molecule has 0 aromatic rings. The Morgan fingerprint density at radius 2 is 1.87 bits per heavy atom. The SMILES string of the molecule is CN=C(N)NCCS(=O)(=O)C(C)(C)C.I. The standard InChI is InChI=1S/C8H19N3O2S.HI/c1-8(2,3)14(12,13)6-5-11-7(9)10-4;/h5-6H2,1-4H3,(H3,9,10,11);1H. The summed E-state index contributed by atoms with van der Waals surface area (Å²) in [5.74, 6) is 0.321. The van der Waals surface area contributed by atoms with E-state index in [1.54, 1.807) is 27.8 Å². The monoisotopic (exact) mass is 349 g/mol. The van der Waals surface area contributed by atoms with Gasteiger partial charge in [-0.05, 0) is 20.8 Å². The van der Waals surface area contributed by atoms with Crippen molar-refractivity contribution in [2.75, 3.05) is 19.3 Å². The highest BCUT2D eigenvalue weighted by Crippen LogP contribution is 2.14. The van der Waals surface area contributed by atoms with Crippen molar-refractivity contribution in [2.24, 2.45) is 10.7 Å². The molecule has 92 valence electrons. The number of hydrogen-bond donors (Lipinski definition) is 2. The molecule has 3 N–H and O–H groups in total. The number of nitrogens with one attached hydrogen (secondary N) is 1. The van der Waals surface area contributed by atoms with Gasteiger partial charge in [0.15, 0.2) is 15.8 Å². The Labute approximate surface area is 109 Å². The van der Waals surface area contributed by atoms with Gasteiger partial charge in [0.2, 0.25) is 0 Å². The van der Waals surface area contributed by atoms with E-state index in [1.807, 2.05) is 0 Å². The predicted octanol–water partition coefficient (Wildman–Crippen LogP) is 0.352. The van der Waals surface area contributed by atoms with Crippen LogP contribution in [0, 0.1) is 0 Å². The first kappa shape index (κ1) is 17.3. The van der Waals surface area contributed by atoms with Gasteiger partial charge in [0.25, 0.3) is 0 Å². The van der Waals surface area contributed by atoms with Crippen molar-refractivity contribution in [1.29, 1.82) is 0 Å². The van der Waals surface area contributed by atoms with Gasteiger partial charge in [-0.3, -0.25) is 4.99 Å². The summed E-state index contributed by atoms with van der Waals surface area (Å²) in [7, 11) is -1.53. The molecule has 0 unspecified atom stereocenters. The van der Waals surface area contributed by atoms with Crippen molar-refractivity contribution in [3.05, 3.63) is 0 Å². The van der Waals surface area contributed by atoms with E-state index in [1.165, 1.54) is 0 Å². The summed E-state index contributed by atoms with van der Waals surface area (Å²) in [5.41, 5.74) is 5.36. The van der Waals surface area contributed by atoms with Gasteiger partial charge in [0, 0.05) is 13.6 Å². The molecule has 0 bridgehead atoms. The van der Waals surface area contributed by atoms with Crippen LogP contribution in [0.3, 0.4) is 0 Å². The highest BCUT2D eigenvalue weighted by Gasteiger charge is 2.28. The summed E-state index contributed by atoms with van der Waals surface area (Å²) < 4.78 is 22.5. The molecule has 0 aliphatic rings. The van der Waals surface area contributed by atoms with Crippen molar-refractivity contribution in [1.82, 2.24) is 5.32 Å². The van der Waals surface area contributed by atoms with Gasteiger partial charge in [-0.25, -0.2) is 8.42 Å². The Balaban J connectivity index is 0. The fourth-order valence-corrected chi connectivity index (χ4v) is 1.68. The maximum atomic E-state index is 11.6. The predicted molar refractivity (Wildman–Crippen MR) is 74.5 cm³/mol. The number of aliphatic imine (C=N–C) groups is 1. The van der Waals surface area contributed by atoms with Gasteiger partial charge in [0.05, 0.1) is 10.5 Å². The van der Waals surface area contributed by atoms with Crippen LogP contribution in [-0.2, 0) is 9.84 Å². The second-order valence-corrected chi connectivity index (χ2v) is 6.83. The van der Waals surface area contributed by atoms with Crippen molar-refractivity contribution in [2.45, 2.75) is 25.5 Å². The zero-order valence-electron chi connectivity index (χ0n) is 9.57. The minimum Gasteiger partial charge on any atom is -0.370 e. The highest BCUT2D eigenvalue weighted by atomic mass is 127. The Hall–Kier alpha value is -0.0500. The number of nitrogens with zero attached hydrogens (tertiary/aromatic N) is 1. The molecular formula is C8H20IN3O2S. The maximum Gasteiger partial charge on any atom is 0.188 e. The van der Waals surface area contributed by atoms with Gasteiger partial charge in [0.1, 0.15) is 0 Å². The first-order valence-corrected chi connectivity index (χ1v) is 6.04. The minimum absolute atomic E-state index is 0. The molecule has 5 nitrogen and oxygen atoms in total. The topological polar surface area (TPSA) is 84.5 Å². The molecule has 0 aromatic carbocycles. The van der Waals surface area contributed by atoms with Gasteiger partial charge in [-0.15, -0.1) is 24.0 Å². The fraction of sp³-hybridized carbons (Fsp3) is 0.875. The summed E-state index contributed by atoms with van der Waals surface area (Å²) in [6.45, 7) is 5.33. The average Bonchev–Trinajstić information content (AvgIpc) is 2.01. The second-order valence-electron chi connectivity index (χ2n) is 3.97. The molecule has 0 rings (SSSR count). The van der Waals surface area contributed by atoms with Crippen molar-refractivity contribution >= 4 is 39.8 Å². The average molecular weight is 349 g/mol. The third-order valence-electron chi connectivity index (χ3n) is 1.85. The number of nitrogens with two attached hydrogens (primary N) is 1. The number of hydrogen-bond acceptors (Lipinski definition) is 3. The molecule has 0 saturated carbocycles. The summed E-state index contributed by atoms with van der Waals surface area (Å²) in [6, 6.07) is 0. The largest absolute Gasteiger partial charge is 0.370 e. The molecular weight excluding hydrogens is 329 g/mol. The van der Waals surface area contributed by atoms with Gasteiger partial charge in [-0.2, -0.15) is 0 Å². The summed E-state index contributed by atoms with van der Waals surface area (Å²) in [5, 5.41) is 2.71. The second kappa shape index (κ2) is 6.51. The number of halogens is 1. The number of rotatable bonds is 3. The maximum absolute atomic E-state index is 11.6. The van der Waals surface area contributed by atoms with Gasteiger partial charge >= 0.3 is 0 Å². The van der Waals surface area contributed by atoms with Crippen LogP contribution in [0.1, 0.15) is 20.8 Å². The quantitative estimate of drug-likeness (QED) is 0.438. The molecule has 0 atom stereocenters. The van der Waals surface area contributed by atoms with Crippen LogP contribution in [0.15, 0.2) is 4.99 Å². The van der Waals surface area contributed by atoms with E-state index >= 15 is 0 Å². The van der Waals surface area contributed by atoms with Crippen LogP contribution in [0.25, 0.3) is 0 Å². The lowest BCUT2D eigenvalue weighted by molar-refractivity contribution is 0.559. The van der Waals surface area contributed by atoms with Crippen LogP contribution < -0.4 is 11.1 Å². The minimum atomic E-state index is -3.07. The fourth-order valence-electron chi connectivity index (χ4n) is 0.699. The van der Waals surface area contributed by atoms with Crippen molar-refractivity contribution < 1.29 is 8.42 Å². The van der Waals surface area contributed by atoms with Crippen LogP contribution in [0.2, 0.25) is 0 Å². The van der Waals surface area contributed by atoms with E-state index < -0.39 is 14.6 Å². The van der Waals surface area contributed by atoms with E-state index in [4.69, 9.17) is 5.73 Å². The summed E-state index contributed by atoms with van der Waals surface area (Å²) >= 11 is 0. The number of guanidine groups is 1. The highest BCUT2D eigenvalue weighted by molar-refractivity contribution is 14.0. The van der Waals surface area contributed by atoms with Gasteiger partial charge in [-0.1, -0.05) is 0 Å². The smallest absolute Gasteiger partial charge is 0.188 e. The molecule has 0 aliphatic carbocycles. The van der Waals surface area contributed by atoms with E-state index in [9.17, 15) is 8.42 Å². The van der Waals surface area contributed by atoms with E-state index in [-0.39, 0.29) is 35.7 Å². The Morgan fingerprint density at radius 1 is 1.40 bits per heavy atom. The molecule has 15 heavy (non-hydrogen) atoms. The molecule has 0 saturated heterocycles. The van der Waals surface area contributed by atoms with E-state index in [0.717, 1.165) is 0 Å².